The normalized spacial score (nSPS) is 24.1. The van der Waals surface area contributed by atoms with Crippen LogP contribution in [-0.4, -0.2) is 18.1 Å². The Morgan fingerprint density at radius 3 is 2.78 bits per heavy atom. The van der Waals surface area contributed by atoms with Gasteiger partial charge < -0.3 is 5.32 Å². The van der Waals surface area contributed by atoms with Crippen LogP contribution < -0.4 is 5.32 Å². The summed E-state index contributed by atoms with van der Waals surface area (Å²) in [6.07, 6.45) is 3.17. The van der Waals surface area contributed by atoms with E-state index in [1.54, 1.807) is 0 Å². The fraction of sp³-hybridized carbons (Fsp3) is 0.357. The number of hydrogen-bond donors (Lipinski definition) is 1. The summed E-state index contributed by atoms with van der Waals surface area (Å²) in [5.74, 6) is 1.13. The molecule has 0 radical (unpaired) electrons. The number of aromatic nitrogens is 1. The Hall–Kier alpha value is -0.460. The highest BCUT2D eigenvalue weighted by atomic mass is 127. The lowest BCUT2D eigenvalue weighted by atomic mass is 9.82. The predicted molar refractivity (Wildman–Crippen MR) is 84.2 cm³/mol. The topological polar surface area (TPSA) is 24.9 Å². The first-order chi connectivity index (χ1) is 8.84. The maximum atomic E-state index is 4.60. The molecule has 1 saturated heterocycles. The van der Waals surface area contributed by atoms with Crippen LogP contribution >= 0.6 is 33.9 Å². The van der Waals surface area contributed by atoms with Gasteiger partial charge in [-0.1, -0.05) is 30.3 Å². The van der Waals surface area contributed by atoms with Crippen molar-refractivity contribution in [3.05, 3.63) is 50.0 Å². The minimum Gasteiger partial charge on any atom is -0.316 e. The van der Waals surface area contributed by atoms with Gasteiger partial charge >= 0.3 is 0 Å². The molecule has 1 fully saturated rings. The van der Waals surface area contributed by atoms with E-state index in [9.17, 15) is 0 Å². The predicted octanol–water partition coefficient (Wildman–Crippen LogP) is 3.61. The van der Waals surface area contributed by atoms with E-state index in [1.807, 2.05) is 17.5 Å². The van der Waals surface area contributed by atoms with Gasteiger partial charge in [0.2, 0.25) is 0 Å². The summed E-state index contributed by atoms with van der Waals surface area (Å²) in [4.78, 5) is 4.60. The molecule has 2 atom stereocenters. The Morgan fingerprint density at radius 1 is 1.22 bits per heavy atom. The van der Waals surface area contributed by atoms with Crippen molar-refractivity contribution >= 4 is 33.9 Å². The van der Waals surface area contributed by atoms with E-state index in [0.29, 0.717) is 11.8 Å². The van der Waals surface area contributed by atoms with Crippen LogP contribution in [0.15, 0.2) is 36.5 Å². The molecular formula is C14H15IN2S. The molecule has 0 bridgehead atoms. The van der Waals surface area contributed by atoms with Gasteiger partial charge in [-0.15, -0.1) is 11.3 Å². The van der Waals surface area contributed by atoms with E-state index in [-0.39, 0.29) is 0 Å². The summed E-state index contributed by atoms with van der Waals surface area (Å²) in [7, 11) is 0. The van der Waals surface area contributed by atoms with Crippen LogP contribution in [0.2, 0.25) is 0 Å². The second kappa shape index (κ2) is 5.67. The molecule has 1 aromatic heterocycles. The van der Waals surface area contributed by atoms with Crippen molar-refractivity contribution in [1.29, 1.82) is 0 Å². The third-order valence-corrected chi connectivity index (χ3v) is 5.38. The first-order valence-corrected chi connectivity index (χ1v) is 8.11. The molecule has 0 spiro atoms. The highest BCUT2D eigenvalue weighted by molar-refractivity contribution is 14.1. The van der Waals surface area contributed by atoms with E-state index in [0.717, 1.165) is 13.1 Å². The third-order valence-electron chi connectivity index (χ3n) is 3.52. The van der Waals surface area contributed by atoms with Gasteiger partial charge in [0.25, 0.3) is 0 Å². The van der Waals surface area contributed by atoms with Crippen molar-refractivity contribution in [2.45, 2.75) is 18.3 Å². The summed E-state index contributed by atoms with van der Waals surface area (Å²) < 4.78 is 1.29. The Kier molecular flexibility index (Phi) is 3.96. The molecule has 0 saturated carbocycles. The van der Waals surface area contributed by atoms with Crippen LogP contribution in [0.5, 0.6) is 0 Å². The molecule has 0 amide bonds. The number of rotatable bonds is 2. The standard InChI is InChI=1S/C14H15IN2S/c15-13-9-17-14(18-13)11-6-7-16-8-12(11)10-4-2-1-3-5-10/h1-5,9,11-12,16H,6-8H2. The van der Waals surface area contributed by atoms with E-state index in [1.165, 1.54) is 19.9 Å². The van der Waals surface area contributed by atoms with Crippen LogP contribution in [0.1, 0.15) is 28.8 Å². The minimum absolute atomic E-state index is 0.557. The van der Waals surface area contributed by atoms with Gasteiger partial charge in [0.15, 0.2) is 0 Å². The molecule has 1 aliphatic rings. The van der Waals surface area contributed by atoms with Gasteiger partial charge in [0.1, 0.15) is 0 Å². The molecule has 3 rings (SSSR count). The zero-order valence-electron chi connectivity index (χ0n) is 9.97. The van der Waals surface area contributed by atoms with Crippen molar-refractivity contribution in [3.8, 4) is 0 Å². The molecule has 2 unspecified atom stereocenters. The van der Waals surface area contributed by atoms with E-state index < -0.39 is 0 Å². The monoisotopic (exact) mass is 370 g/mol. The average Bonchev–Trinajstić information content (AvgIpc) is 2.86. The van der Waals surface area contributed by atoms with Crippen LogP contribution in [0.4, 0.5) is 0 Å². The summed E-state index contributed by atoms with van der Waals surface area (Å²) in [6.45, 7) is 2.16. The molecule has 1 aromatic carbocycles. The van der Waals surface area contributed by atoms with Gasteiger partial charge in [0.05, 0.1) is 14.1 Å². The van der Waals surface area contributed by atoms with E-state index in [2.05, 4.69) is 63.2 Å². The summed E-state index contributed by atoms with van der Waals surface area (Å²) in [5.41, 5.74) is 1.43. The maximum Gasteiger partial charge on any atom is 0.0973 e. The van der Waals surface area contributed by atoms with E-state index in [4.69, 9.17) is 0 Å². The fourth-order valence-corrected chi connectivity index (χ4v) is 4.30. The lowest BCUT2D eigenvalue weighted by Gasteiger charge is -2.31. The lowest BCUT2D eigenvalue weighted by Crippen LogP contribution is -2.33. The number of nitrogens with one attached hydrogen (secondary N) is 1. The van der Waals surface area contributed by atoms with Crippen LogP contribution in [0, 0.1) is 2.88 Å². The second-order valence-electron chi connectivity index (χ2n) is 4.62. The van der Waals surface area contributed by atoms with Gasteiger partial charge in [0, 0.05) is 18.4 Å². The van der Waals surface area contributed by atoms with Crippen molar-refractivity contribution in [2.24, 2.45) is 0 Å². The zero-order valence-corrected chi connectivity index (χ0v) is 12.9. The number of thiazole rings is 1. The highest BCUT2D eigenvalue weighted by Crippen LogP contribution is 2.38. The molecule has 1 N–H and O–H groups in total. The minimum atomic E-state index is 0.557. The smallest absolute Gasteiger partial charge is 0.0973 e. The molecular weight excluding hydrogens is 355 g/mol. The summed E-state index contributed by atoms with van der Waals surface area (Å²) in [6, 6.07) is 10.8. The number of benzene rings is 1. The molecule has 2 heterocycles. The molecule has 1 aliphatic heterocycles. The Morgan fingerprint density at radius 2 is 2.06 bits per heavy atom. The number of piperidine rings is 1. The molecule has 18 heavy (non-hydrogen) atoms. The Balaban J connectivity index is 1.91. The lowest BCUT2D eigenvalue weighted by molar-refractivity contribution is 0.403. The Labute approximate surface area is 125 Å². The maximum absolute atomic E-state index is 4.60. The average molecular weight is 370 g/mol. The van der Waals surface area contributed by atoms with Crippen molar-refractivity contribution in [1.82, 2.24) is 10.3 Å². The quantitative estimate of drug-likeness (QED) is 0.817. The molecule has 0 aliphatic carbocycles. The first kappa shape index (κ1) is 12.6. The Bertz CT molecular complexity index is 512. The van der Waals surface area contributed by atoms with Crippen molar-refractivity contribution < 1.29 is 0 Å². The number of halogens is 1. The third kappa shape index (κ3) is 2.60. The molecule has 94 valence electrons. The summed E-state index contributed by atoms with van der Waals surface area (Å²) in [5, 5.41) is 4.82. The van der Waals surface area contributed by atoms with Crippen LogP contribution in [0.25, 0.3) is 0 Å². The highest BCUT2D eigenvalue weighted by Gasteiger charge is 2.29. The van der Waals surface area contributed by atoms with Gasteiger partial charge in [-0.2, -0.15) is 0 Å². The van der Waals surface area contributed by atoms with Gasteiger partial charge in [-0.05, 0) is 41.1 Å². The first-order valence-electron chi connectivity index (χ1n) is 6.21. The van der Waals surface area contributed by atoms with Crippen LogP contribution in [0.3, 0.4) is 0 Å². The van der Waals surface area contributed by atoms with E-state index >= 15 is 0 Å². The van der Waals surface area contributed by atoms with Crippen molar-refractivity contribution in [3.63, 3.8) is 0 Å². The summed E-state index contributed by atoms with van der Waals surface area (Å²) >= 11 is 4.20. The molecule has 2 aromatic rings. The SMILES string of the molecule is Ic1cnc(C2CCNCC2c2ccccc2)s1. The zero-order chi connectivity index (χ0) is 12.4. The molecule has 2 nitrogen and oxygen atoms in total. The molecule has 4 heteroatoms. The van der Waals surface area contributed by atoms with Crippen molar-refractivity contribution in [2.75, 3.05) is 13.1 Å². The number of hydrogen-bond acceptors (Lipinski definition) is 3. The van der Waals surface area contributed by atoms with Gasteiger partial charge in [-0.3, -0.25) is 0 Å². The van der Waals surface area contributed by atoms with Crippen LogP contribution in [-0.2, 0) is 0 Å². The van der Waals surface area contributed by atoms with Gasteiger partial charge in [-0.25, -0.2) is 4.98 Å². The number of nitrogens with zero attached hydrogens (tertiary/aromatic N) is 1. The second-order valence-corrected chi connectivity index (χ2v) is 7.58. The fourth-order valence-electron chi connectivity index (χ4n) is 2.64. The largest absolute Gasteiger partial charge is 0.316 e.